The van der Waals surface area contributed by atoms with Gasteiger partial charge in [-0.2, -0.15) is 0 Å². The zero-order valence-electron chi connectivity index (χ0n) is 11.1. The number of hydrogen-bond donors (Lipinski definition) is 0. The fraction of sp³-hybridized carbons (Fsp3) is 1.00. The molecule has 0 bridgehead atoms. The van der Waals surface area contributed by atoms with Gasteiger partial charge in [-0.1, -0.05) is 33.1 Å². The first-order chi connectivity index (χ1) is 6.25. The molecule has 5 heteroatoms. The standard InChI is InChI=1S/C9H26N2Si3/c1-9-10(2)14(7,8)11(12(3)4)13(5)6/h9H2,1-8H3. The summed E-state index contributed by atoms with van der Waals surface area (Å²) in [6.07, 6.45) is 0. The summed E-state index contributed by atoms with van der Waals surface area (Å²) >= 11 is 0. The molecule has 84 valence electrons. The van der Waals surface area contributed by atoms with E-state index in [2.05, 4.69) is 61.7 Å². The third-order valence-corrected chi connectivity index (χ3v) is 16.6. The van der Waals surface area contributed by atoms with Crippen LogP contribution in [0.25, 0.3) is 0 Å². The Balaban J connectivity index is 4.80. The van der Waals surface area contributed by atoms with E-state index >= 15 is 0 Å². The summed E-state index contributed by atoms with van der Waals surface area (Å²) in [6, 6.07) is 0. The highest BCUT2D eigenvalue weighted by Crippen LogP contribution is 2.17. The molecule has 0 amide bonds. The fourth-order valence-corrected chi connectivity index (χ4v) is 16.6. The molecule has 0 aliphatic rings. The maximum absolute atomic E-state index is 2.89. The molecule has 0 fully saturated rings. The Kier molecular flexibility index (Phi) is 5.83. The molecule has 0 saturated heterocycles. The highest BCUT2D eigenvalue weighted by atomic mass is 28.4. The first-order valence-corrected chi connectivity index (χ1v) is 13.2. The number of nitrogens with zero attached hydrogens (tertiary/aromatic N) is 2. The van der Waals surface area contributed by atoms with E-state index in [1.165, 1.54) is 6.54 Å². The van der Waals surface area contributed by atoms with Crippen molar-refractivity contribution < 1.29 is 0 Å². The van der Waals surface area contributed by atoms with Gasteiger partial charge in [0.25, 0.3) is 0 Å². The van der Waals surface area contributed by atoms with Crippen molar-refractivity contribution in [1.29, 1.82) is 0 Å². The van der Waals surface area contributed by atoms with Crippen LogP contribution in [0.4, 0.5) is 0 Å². The van der Waals surface area contributed by atoms with E-state index in [4.69, 9.17) is 0 Å². The van der Waals surface area contributed by atoms with Crippen LogP contribution in [-0.2, 0) is 0 Å². The Morgan fingerprint density at radius 3 is 1.57 bits per heavy atom. The van der Waals surface area contributed by atoms with Crippen LogP contribution in [0.1, 0.15) is 6.92 Å². The van der Waals surface area contributed by atoms with E-state index in [1.807, 2.05) is 0 Å². The highest BCUT2D eigenvalue weighted by molar-refractivity contribution is 6.92. The minimum absolute atomic E-state index is 0.285. The van der Waals surface area contributed by atoms with Gasteiger partial charge < -0.3 is 8.46 Å². The molecule has 0 spiro atoms. The second kappa shape index (κ2) is 5.60. The van der Waals surface area contributed by atoms with Gasteiger partial charge in [0, 0.05) is 0 Å². The van der Waals surface area contributed by atoms with Crippen LogP contribution in [-0.4, -0.2) is 48.4 Å². The maximum Gasteiger partial charge on any atom is 0.186 e. The average Bonchev–Trinajstić information content (AvgIpc) is 2.00. The molecule has 0 saturated carbocycles. The van der Waals surface area contributed by atoms with Crippen molar-refractivity contribution in [2.24, 2.45) is 0 Å². The van der Waals surface area contributed by atoms with E-state index in [0.29, 0.717) is 0 Å². The summed E-state index contributed by atoms with van der Waals surface area (Å²) in [5.74, 6) is 0. The molecule has 0 N–H and O–H groups in total. The van der Waals surface area contributed by atoms with Gasteiger partial charge in [0.15, 0.2) is 8.40 Å². The molecule has 0 aromatic rings. The summed E-state index contributed by atoms with van der Waals surface area (Å²) in [7, 11) is 0.411. The van der Waals surface area contributed by atoms with Crippen molar-refractivity contribution in [3.63, 3.8) is 0 Å². The lowest BCUT2D eigenvalue weighted by Gasteiger charge is -2.47. The van der Waals surface area contributed by atoms with E-state index < -0.39 is 8.40 Å². The highest BCUT2D eigenvalue weighted by Gasteiger charge is 2.37. The van der Waals surface area contributed by atoms with Crippen LogP contribution >= 0.6 is 0 Å². The van der Waals surface area contributed by atoms with Gasteiger partial charge in [-0.05, 0) is 26.7 Å². The smallest absolute Gasteiger partial charge is 0.186 e. The summed E-state index contributed by atoms with van der Waals surface area (Å²) in [5.41, 5.74) is 0. The van der Waals surface area contributed by atoms with Gasteiger partial charge in [-0.3, -0.25) is 0 Å². The van der Waals surface area contributed by atoms with Crippen molar-refractivity contribution in [2.75, 3.05) is 13.6 Å². The summed E-state index contributed by atoms with van der Waals surface area (Å²) in [6.45, 7) is 18.2. The summed E-state index contributed by atoms with van der Waals surface area (Å²) < 4.78 is 5.48. The van der Waals surface area contributed by atoms with Gasteiger partial charge in [0.1, 0.15) is 17.9 Å². The van der Waals surface area contributed by atoms with Gasteiger partial charge in [0.05, 0.1) is 0 Å². The molecule has 0 heterocycles. The largest absolute Gasteiger partial charge is 0.358 e. The zero-order chi connectivity index (χ0) is 11.5. The van der Waals surface area contributed by atoms with E-state index in [-0.39, 0.29) is 17.9 Å². The van der Waals surface area contributed by atoms with Crippen molar-refractivity contribution in [3.05, 3.63) is 0 Å². The molecule has 0 aliphatic carbocycles. The molecule has 0 atom stereocenters. The van der Waals surface area contributed by atoms with Gasteiger partial charge in [-0.15, -0.1) is 0 Å². The van der Waals surface area contributed by atoms with Crippen LogP contribution in [0.3, 0.4) is 0 Å². The van der Waals surface area contributed by atoms with Gasteiger partial charge in [0.2, 0.25) is 0 Å². The molecular formula is C9H26N2Si3. The lowest BCUT2D eigenvalue weighted by molar-refractivity contribution is 0.508. The lowest BCUT2D eigenvalue weighted by Crippen LogP contribution is -2.67. The average molecular weight is 247 g/mol. The Morgan fingerprint density at radius 1 is 1.00 bits per heavy atom. The second-order valence-electron chi connectivity index (χ2n) is 4.74. The Labute approximate surface area is 94.8 Å². The molecule has 14 heavy (non-hydrogen) atoms. The molecular weight excluding hydrogens is 220 g/mol. The van der Waals surface area contributed by atoms with Crippen molar-refractivity contribution in [2.45, 2.75) is 46.2 Å². The number of hydrogen-bond acceptors (Lipinski definition) is 2. The SMILES string of the molecule is CCN(C)[Si](C)(C)N([Si](C)C)[Si](C)C. The molecule has 0 rings (SSSR count). The third kappa shape index (κ3) is 3.30. The first kappa shape index (κ1) is 14.6. The molecule has 0 aromatic carbocycles. The minimum Gasteiger partial charge on any atom is -0.358 e. The molecule has 0 aromatic heterocycles. The predicted octanol–water partition coefficient (Wildman–Crippen LogP) is 2.44. The topological polar surface area (TPSA) is 6.48 Å². The van der Waals surface area contributed by atoms with Crippen LogP contribution in [0, 0.1) is 0 Å². The van der Waals surface area contributed by atoms with Crippen LogP contribution < -0.4 is 0 Å². The fourth-order valence-electron chi connectivity index (χ4n) is 2.10. The van der Waals surface area contributed by atoms with E-state index in [9.17, 15) is 0 Å². The van der Waals surface area contributed by atoms with Crippen LogP contribution in [0.5, 0.6) is 0 Å². The maximum atomic E-state index is 2.89. The van der Waals surface area contributed by atoms with E-state index in [0.717, 1.165) is 0 Å². The molecule has 2 radical (unpaired) electrons. The molecule has 2 nitrogen and oxygen atoms in total. The van der Waals surface area contributed by atoms with Crippen molar-refractivity contribution in [1.82, 2.24) is 8.46 Å². The minimum atomic E-state index is -1.31. The van der Waals surface area contributed by atoms with Crippen LogP contribution in [0.15, 0.2) is 0 Å². The Morgan fingerprint density at radius 2 is 1.36 bits per heavy atom. The Bertz CT molecular complexity index is 163. The quantitative estimate of drug-likeness (QED) is 0.688. The molecule has 0 unspecified atom stereocenters. The second-order valence-corrected chi connectivity index (χ2v) is 15.0. The van der Waals surface area contributed by atoms with Crippen molar-refractivity contribution >= 4 is 26.3 Å². The zero-order valence-corrected chi connectivity index (χ0v) is 14.1. The summed E-state index contributed by atoms with van der Waals surface area (Å²) in [5, 5.41) is 0. The normalized spacial score (nSPS) is 13.7. The van der Waals surface area contributed by atoms with Gasteiger partial charge in [-0.25, -0.2) is 0 Å². The lowest BCUT2D eigenvalue weighted by atomic mass is 10.8. The Hall–Kier alpha value is 0.571. The number of rotatable bonds is 5. The monoisotopic (exact) mass is 246 g/mol. The third-order valence-electron chi connectivity index (χ3n) is 2.85. The van der Waals surface area contributed by atoms with Gasteiger partial charge >= 0.3 is 0 Å². The first-order valence-electron chi connectivity index (χ1n) is 5.36. The molecule has 0 aliphatic heterocycles. The predicted molar refractivity (Wildman–Crippen MR) is 72.6 cm³/mol. The van der Waals surface area contributed by atoms with Crippen LogP contribution in [0.2, 0.25) is 39.3 Å². The summed E-state index contributed by atoms with van der Waals surface area (Å²) in [4.78, 5) is 0. The van der Waals surface area contributed by atoms with Crippen molar-refractivity contribution in [3.8, 4) is 0 Å². The van der Waals surface area contributed by atoms with E-state index in [1.54, 1.807) is 0 Å².